The van der Waals surface area contributed by atoms with Gasteiger partial charge in [-0.25, -0.2) is 4.98 Å². The molecule has 0 fully saturated rings. The number of hydrogen-bond donors (Lipinski definition) is 1. The lowest BCUT2D eigenvalue weighted by Crippen LogP contribution is -2.26. The minimum atomic E-state index is 0.0608. The van der Waals surface area contributed by atoms with Gasteiger partial charge in [0.1, 0.15) is 24.2 Å². The van der Waals surface area contributed by atoms with Crippen LogP contribution < -0.4 is 10.1 Å². The molecule has 0 spiro atoms. The molecule has 1 N–H and O–H groups in total. The molecule has 1 atom stereocenters. The first-order chi connectivity index (χ1) is 9.24. The summed E-state index contributed by atoms with van der Waals surface area (Å²) in [6.07, 6.45) is 3.79. The third-order valence-corrected chi connectivity index (χ3v) is 3.23. The van der Waals surface area contributed by atoms with E-state index in [2.05, 4.69) is 21.8 Å². The summed E-state index contributed by atoms with van der Waals surface area (Å²) >= 11 is 5.84. The molecule has 0 amide bonds. The van der Waals surface area contributed by atoms with E-state index >= 15 is 0 Å². The summed E-state index contributed by atoms with van der Waals surface area (Å²) in [6.45, 7) is 3.52. The van der Waals surface area contributed by atoms with Gasteiger partial charge < -0.3 is 14.6 Å². The van der Waals surface area contributed by atoms with Crippen LogP contribution in [0, 0.1) is 0 Å². The minimum absolute atomic E-state index is 0.0608. The van der Waals surface area contributed by atoms with Crippen LogP contribution in [0.1, 0.15) is 18.8 Å². The van der Waals surface area contributed by atoms with E-state index in [9.17, 15) is 0 Å². The van der Waals surface area contributed by atoms with Crippen LogP contribution in [0.25, 0.3) is 0 Å². The zero-order chi connectivity index (χ0) is 13.7. The summed E-state index contributed by atoms with van der Waals surface area (Å²) in [5.41, 5.74) is 0. The summed E-state index contributed by atoms with van der Waals surface area (Å²) in [4.78, 5) is 4.38. The highest BCUT2D eigenvalue weighted by molar-refractivity contribution is 6.30. The zero-order valence-corrected chi connectivity index (χ0v) is 11.9. The molecule has 0 aliphatic heterocycles. The van der Waals surface area contributed by atoms with E-state index in [0.29, 0.717) is 11.6 Å². The lowest BCUT2D eigenvalue weighted by Gasteiger charge is -2.17. The smallest absolute Gasteiger partial charge is 0.129 e. The molecule has 1 unspecified atom stereocenters. The number of benzene rings is 1. The molecular weight excluding hydrogens is 262 g/mol. The van der Waals surface area contributed by atoms with Crippen molar-refractivity contribution in [2.45, 2.75) is 19.5 Å². The first-order valence-corrected chi connectivity index (χ1v) is 6.69. The van der Waals surface area contributed by atoms with Crippen LogP contribution in [0.15, 0.2) is 36.7 Å². The highest BCUT2D eigenvalue weighted by Crippen LogP contribution is 2.18. The second kappa shape index (κ2) is 6.59. The molecule has 5 heteroatoms. The maximum absolute atomic E-state index is 5.84. The van der Waals surface area contributed by atoms with E-state index in [1.807, 2.05) is 43.7 Å². The first kappa shape index (κ1) is 13.9. The largest absolute Gasteiger partial charge is 0.491 e. The number of hydrogen-bond acceptors (Lipinski definition) is 3. The number of imidazole rings is 1. The molecule has 4 nitrogen and oxygen atoms in total. The van der Waals surface area contributed by atoms with Gasteiger partial charge in [-0.2, -0.15) is 0 Å². The predicted molar refractivity (Wildman–Crippen MR) is 76.6 cm³/mol. The van der Waals surface area contributed by atoms with Gasteiger partial charge in [0, 0.05) is 24.0 Å². The van der Waals surface area contributed by atoms with Crippen molar-refractivity contribution in [1.29, 1.82) is 0 Å². The van der Waals surface area contributed by atoms with Gasteiger partial charge in [0.05, 0.1) is 0 Å². The number of nitrogens with one attached hydrogen (secondary N) is 1. The van der Waals surface area contributed by atoms with Gasteiger partial charge in [-0.05, 0) is 38.2 Å². The number of rotatable bonds is 6. The van der Waals surface area contributed by atoms with E-state index in [4.69, 9.17) is 16.3 Å². The second-order valence-electron chi connectivity index (χ2n) is 4.18. The Labute approximate surface area is 118 Å². The van der Waals surface area contributed by atoms with Gasteiger partial charge in [0.2, 0.25) is 0 Å². The topological polar surface area (TPSA) is 39.1 Å². The molecular formula is C14H18ClN3O. The summed E-state index contributed by atoms with van der Waals surface area (Å²) in [6, 6.07) is 7.42. The molecule has 19 heavy (non-hydrogen) atoms. The number of aromatic nitrogens is 2. The molecule has 1 aromatic heterocycles. The molecule has 1 aromatic carbocycles. The predicted octanol–water partition coefficient (Wildman–Crippen LogP) is 2.90. The highest BCUT2D eigenvalue weighted by atomic mass is 35.5. The quantitative estimate of drug-likeness (QED) is 0.884. The number of ether oxygens (including phenoxy) is 1. The van der Waals surface area contributed by atoms with Crippen LogP contribution >= 0.6 is 11.6 Å². The Morgan fingerprint density at radius 2 is 2.11 bits per heavy atom. The Kier molecular flexibility index (Phi) is 4.82. The standard InChI is InChI=1S/C14H18ClN3O/c1-3-18-9-8-17-14(18)13(16-2)10-19-12-6-4-11(15)5-7-12/h4-9,13,16H,3,10H2,1-2H3. The van der Waals surface area contributed by atoms with Gasteiger partial charge in [-0.3, -0.25) is 0 Å². The number of likely N-dealkylation sites (N-methyl/N-ethyl adjacent to an activating group) is 1. The summed E-state index contributed by atoms with van der Waals surface area (Å²) in [5, 5.41) is 3.93. The Morgan fingerprint density at radius 3 is 2.74 bits per heavy atom. The second-order valence-corrected chi connectivity index (χ2v) is 4.61. The number of halogens is 1. The van der Waals surface area contributed by atoms with Crippen molar-refractivity contribution in [2.24, 2.45) is 0 Å². The molecule has 0 saturated heterocycles. The average Bonchev–Trinajstić information content (AvgIpc) is 2.90. The van der Waals surface area contributed by atoms with Gasteiger partial charge in [-0.1, -0.05) is 11.6 Å². The molecule has 2 aromatic rings. The fourth-order valence-electron chi connectivity index (χ4n) is 1.90. The van der Waals surface area contributed by atoms with Crippen molar-refractivity contribution in [1.82, 2.24) is 14.9 Å². The normalized spacial score (nSPS) is 12.4. The van der Waals surface area contributed by atoms with Gasteiger partial charge >= 0.3 is 0 Å². The average molecular weight is 280 g/mol. The molecule has 2 rings (SSSR count). The fraction of sp³-hybridized carbons (Fsp3) is 0.357. The van der Waals surface area contributed by atoms with Gasteiger partial charge in [0.25, 0.3) is 0 Å². The van der Waals surface area contributed by atoms with Crippen LogP contribution in [0.2, 0.25) is 5.02 Å². The SMILES string of the molecule is CCn1ccnc1C(COc1ccc(Cl)cc1)NC. The van der Waals surface area contributed by atoms with Crippen LogP contribution in [-0.4, -0.2) is 23.2 Å². The Bertz CT molecular complexity index is 510. The Morgan fingerprint density at radius 1 is 1.37 bits per heavy atom. The maximum atomic E-state index is 5.84. The van der Waals surface area contributed by atoms with E-state index < -0.39 is 0 Å². The third-order valence-electron chi connectivity index (χ3n) is 2.98. The molecule has 0 radical (unpaired) electrons. The van der Waals surface area contributed by atoms with Crippen LogP contribution in [0.5, 0.6) is 5.75 Å². The van der Waals surface area contributed by atoms with Crippen molar-refractivity contribution >= 4 is 11.6 Å². The highest BCUT2D eigenvalue weighted by Gasteiger charge is 2.15. The van der Waals surface area contributed by atoms with Crippen molar-refractivity contribution in [3.8, 4) is 5.75 Å². The molecule has 102 valence electrons. The van der Waals surface area contributed by atoms with Crippen molar-refractivity contribution in [2.75, 3.05) is 13.7 Å². The fourth-order valence-corrected chi connectivity index (χ4v) is 2.02. The van der Waals surface area contributed by atoms with Crippen molar-refractivity contribution in [3.05, 3.63) is 47.5 Å². The van der Waals surface area contributed by atoms with Crippen molar-refractivity contribution < 1.29 is 4.74 Å². The monoisotopic (exact) mass is 279 g/mol. The molecule has 0 aliphatic rings. The molecule has 0 saturated carbocycles. The Hall–Kier alpha value is -1.52. The number of nitrogens with zero attached hydrogens (tertiary/aromatic N) is 2. The van der Waals surface area contributed by atoms with E-state index in [-0.39, 0.29) is 6.04 Å². The maximum Gasteiger partial charge on any atom is 0.129 e. The van der Waals surface area contributed by atoms with Crippen LogP contribution in [0.3, 0.4) is 0 Å². The summed E-state index contributed by atoms with van der Waals surface area (Å²) in [7, 11) is 1.91. The van der Waals surface area contributed by atoms with E-state index in [1.54, 1.807) is 0 Å². The molecule has 1 heterocycles. The molecule has 0 bridgehead atoms. The van der Waals surface area contributed by atoms with Gasteiger partial charge in [-0.15, -0.1) is 0 Å². The van der Waals surface area contributed by atoms with Crippen molar-refractivity contribution in [3.63, 3.8) is 0 Å². The molecule has 0 aliphatic carbocycles. The first-order valence-electron chi connectivity index (χ1n) is 6.31. The van der Waals surface area contributed by atoms with Gasteiger partial charge in [0.15, 0.2) is 0 Å². The van der Waals surface area contributed by atoms with Crippen LogP contribution in [0.4, 0.5) is 0 Å². The van der Waals surface area contributed by atoms with E-state index in [1.165, 1.54) is 0 Å². The number of aryl methyl sites for hydroxylation is 1. The van der Waals surface area contributed by atoms with E-state index in [0.717, 1.165) is 18.1 Å². The zero-order valence-electron chi connectivity index (χ0n) is 11.1. The third kappa shape index (κ3) is 3.49. The Balaban J connectivity index is 2.02. The summed E-state index contributed by atoms with van der Waals surface area (Å²) in [5.74, 6) is 1.79. The lowest BCUT2D eigenvalue weighted by molar-refractivity contribution is 0.264. The lowest BCUT2D eigenvalue weighted by atomic mass is 10.3. The van der Waals surface area contributed by atoms with Crippen LogP contribution in [-0.2, 0) is 6.54 Å². The summed E-state index contributed by atoms with van der Waals surface area (Å²) < 4.78 is 7.87. The minimum Gasteiger partial charge on any atom is -0.491 e.